The summed E-state index contributed by atoms with van der Waals surface area (Å²) < 4.78 is 17.3. The third-order valence-corrected chi connectivity index (χ3v) is 5.76. The summed E-state index contributed by atoms with van der Waals surface area (Å²) in [5, 5.41) is 3.11. The van der Waals surface area contributed by atoms with Crippen molar-refractivity contribution in [3.63, 3.8) is 0 Å². The van der Waals surface area contributed by atoms with E-state index in [0.29, 0.717) is 38.6 Å². The van der Waals surface area contributed by atoms with E-state index in [1.54, 1.807) is 55.5 Å². The SMILES string of the molecule is CCCc1cc(Oc2ccc(Cl)cc2Cl)ccc1Oc1cccc([C@@]2(C)OC(=O)NC2=O)c1. The summed E-state index contributed by atoms with van der Waals surface area (Å²) >= 11 is 12.2. The number of carbonyl (C=O) groups excluding carboxylic acids is 2. The first-order valence-corrected chi connectivity index (χ1v) is 11.1. The Kier molecular flexibility index (Phi) is 6.49. The molecular weight excluding hydrogens is 465 g/mol. The van der Waals surface area contributed by atoms with Gasteiger partial charge in [0.1, 0.15) is 23.0 Å². The number of ether oxygens (including phenoxy) is 3. The summed E-state index contributed by atoms with van der Waals surface area (Å²) in [7, 11) is 0. The van der Waals surface area contributed by atoms with Crippen molar-refractivity contribution in [2.24, 2.45) is 0 Å². The van der Waals surface area contributed by atoms with Gasteiger partial charge < -0.3 is 14.2 Å². The summed E-state index contributed by atoms with van der Waals surface area (Å²) in [5.41, 5.74) is 0.0533. The van der Waals surface area contributed by atoms with E-state index < -0.39 is 17.6 Å². The normalized spacial score (nSPS) is 17.5. The van der Waals surface area contributed by atoms with E-state index in [1.807, 2.05) is 12.1 Å². The standard InChI is InChI=1S/C25H21Cl2NO5/c1-3-5-15-12-19(32-22-10-8-17(26)14-20(22)27)9-11-21(15)31-18-7-4-6-16(13-18)25(2)23(29)28-24(30)33-25/h4,6-14H,3,5H2,1-2H3,(H,28,29,30)/t25-/m1/s1. The van der Waals surface area contributed by atoms with Crippen molar-refractivity contribution in [3.8, 4) is 23.0 Å². The fourth-order valence-corrected chi connectivity index (χ4v) is 3.96. The zero-order valence-corrected chi connectivity index (χ0v) is 19.5. The van der Waals surface area contributed by atoms with E-state index in [-0.39, 0.29) is 0 Å². The molecule has 170 valence electrons. The maximum atomic E-state index is 12.2. The van der Waals surface area contributed by atoms with Crippen LogP contribution in [0.5, 0.6) is 23.0 Å². The van der Waals surface area contributed by atoms with Crippen LogP contribution in [0, 0.1) is 0 Å². The van der Waals surface area contributed by atoms with E-state index in [0.717, 1.165) is 18.4 Å². The van der Waals surface area contributed by atoms with Gasteiger partial charge in [-0.25, -0.2) is 4.79 Å². The van der Waals surface area contributed by atoms with E-state index in [4.69, 9.17) is 37.4 Å². The van der Waals surface area contributed by atoms with Gasteiger partial charge in [-0.05, 0) is 67.4 Å². The number of amides is 2. The number of hydrogen-bond acceptors (Lipinski definition) is 5. The summed E-state index contributed by atoms with van der Waals surface area (Å²) in [6.45, 7) is 3.62. The first-order chi connectivity index (χ1) is 15.8. The number of alkyl carbamates (subject to hydrolysis) is 1. The Morgan fingerprint density at radius 2 is 1.67 bits per heavy atom. The summed E-state index contributed by atoms with van der Waals surface area (Å²) in [4.78, 5) is 23.7. The quantitative estimate of drug-likeness (QED) is 0.389. The van der Waals surface area contributed by atoms with Crippen LogP contribution in [-0.2, 0) is 21.6 Å². The molecule has 1 aliphatic rings. The van der Waals surface area contributed by atoms with Gasteiger partial charge in [0.2, 0.25) is 5.60 Å². The third kappa shape index (κ3) is 4.92. The Morgan fingerprint density at radius 1 is 0.939 bits per heavy atom. The minimum absolute atomic E-state index is 0.418. The average molecular weight is 486 g/mol. The molecule has 1 atom stereocenters. The second kappa shape index (κ2) is 9.33. The van der Waals surface area contributed by atoms with Crippen LogP contribution >= 0.6 is 23.2 Å². The highest BCUT2D eigenvalue weighted by molar-refractivity contribution is 6.35. The molecule has 0 aromatic heterocycles. The minimum atomic E-state index is -1.40. The Balaban J connectivity index is 1.59. The van der Waals surface area contributed by atoms with E-state index in [2.05, 4.69) is 12.2 Å². The van der Waals surface area contributed by atoms with Crippen molar-refractivity contribution in [3.05, 3.63) is 81.8 Å². The number of aryl methyl sites for hydroxylation is 1. The third-order valence-electron chi connectivity index (χ3n) is 5.23. The van der Waals surface area contributed by atoms with Crippen molar-refractivity contribution in [2.75, 3.05) is 0 Å². The molecule has 3 aromatic carbocycles. The van der Waals surface area contributed by atoms with Gasteiger partial charge >= 0.3 is 6.09 Å². The average Bonchev–Trinajstić information content (AvgIpc) is 3.04. The van der Waals surface area contributed by atoms with Gasteiger partial charge in [0.15, 0.2) is 0 Å². The van der Waals surface area contributed by atoms with Crippen molar-refractivity contribution >= 4 is 35.2 Å². The molecule has 0 unspecified atom stereocenters. The molecule has 2 amide bonds. The summed E-state index contributed by atoms with van der Waals surface area (Å²) in [5.74, 6) is 1.77. The predicted molar refractivity (Wildman–Crippen MR) is 125 cm³/mol. The van der Waals surface area contributed by atoms with Gasteiger partial charge in [-0.15, -0.1) is 0 Å². The zero-order chi connectivity index (χ0) is 23.6. The molecule has 1 heterocycles. The minimum Gasteiger partial charge on any atom is -0.457 e. The highest BCUT2D eigenvalue weighted by Gasteiger charge is 2.46. The smallest absolute Gasteiger partial charge is 0.415 e. The molecule has 1 fully saturated rings. The molecule has 0 radical (unpaired) electrons. The molecule has 4 rings (SSSR count). The fraction of sp³-hybridized carbons (Fsp3) is 0.200. The van der Waals surface area contributed by atoms with Crippen LogP contribution < -0.4 is 14.8 Å². The number of imide groups is 1. The topological polar surface area (TPSA) is 73.9 Å². The van der Waals surface area contributed by atoms with Gasteiger partial charge in [-0.1, -0.05) is 48.7 Å². The van der Waals surface area contributed by atoms with Gasteiger partial charge in [-0.3, -0.25) is 10.1 Å². The Bertz CT molecular complexity index is 1230. The van der Waals surface area contributed by atoms with Gasteiger partial charge in [0.05, 0.1) is 5.02 Å². The summed E-state index contributed by atoms with van der Waals surface area (Å²) in [6.07, 6.45) is 0.893. The van der Waals surface area contributed by atoms with Crippen LogP contribution in [-0.4, -0.2) is 12.0 Å². The molecule has 6 nitrogen and oxygen atoms in total. The van der Waals surface area contributed by atoms with Crippen molar-refractivity contribution in [1.29, 1.82) is 0 Å². The molecule has 3 aromatic rings. The van der Waals surface area contributed by atoms with E-state index in [1.165, 1.54) is 0 Å². The fourth-order valence-electron chi connectivity index (χ4n) is 3.51. The van der Waals surface area contributed by atoms with Crippen LogP contribution in [0.3, 0.4) is 0 Å². The number of cyclic esters (lactones) is 1. The van der Waals surface area contributed by atoms with Crippen LogP contribution in [0.4, 0.5) is 4.79 Å². The van der Waals surface area contributed by atoms with Crippen LogP contribution in [0.1, 0.15) is 31.4 Å². The van der Waals surface area contributed by atoms with Crippen molar-refractivity contribution in [2.45, 2.75) is 32.3 Å². The first kappa shape index (κ1) is 23.0. The monoisotopic (exact) mass is 485 g/mol. The van der Waals surface area contributed by atoms with E-state index >= 15 is 0 Å². The first-order valence-electron chi connectivity index (χ1n) is 10.4. The molecular formula is C25H21Cl2NO5. The number of nitrogens with one attached hydrogen (secondary N) is 1. The second-order valence-corrected chi connectivity index (χ2v) is 8.55. The lowest BCUT2D eigenvalue weighted by Crippen LogP contribution is -2.33. The highest BCUT2D eigenvalue weighted by atomic mass is 35.5. The number of halogens is 2. The Morgan fingerprint density at radius 3 is 2.36 bits per heavy atom. The van der Waals surface area contributed by atoms with Crippen LogP contribution in [0.15, 0.2) is 60.7 Å². The maximum absolute atomic E-state index is 12.2. The molecule has 0 aliphatic carbocycles. The van der Waals surface area contributed by atoms with Crippen molar-refractivity contribution in [1.82, 2.24) is 5.32 Å². The second-order valence-electron chi connectivity index (χ2n) is 7.70. The lowest BCUT2D eigenvalue weighted by atomic mass is 9.95. The van der Waals surface area contributed by atoms with Crippen molar-refractivity contribution < 1.29 is 23.8 Å². The van der Waals surface area contributed by atoms with Gasteiger partial charge in [-0.2, -0.15) is 0 Å². The molecule has 1 saturated heterocycles. The largest absolute Gasteiger partial charge is 0.457 e. The maximum Gasteiger partial charge on any atom is 0.415 e. The lowest BCUT2D eigenvalue weighted by molar-refractivity contribution is -0.130. The van der Waals surface area contributed by atoms with Crippen LogP contribution in [0.2, 0.25) is 10.0 Å². The molecule has 1 N–H and O–H groups in total. The molecule has 0 spiro atoms. The Hall–Kier alpha value is -3.22. The predicted octanol–water partition coefficient (Wildman–Crippen LogP) is 7.01. The number of rotatable bonds is 7. The summed E-state index contributed by atoms with van der Waals surface area (Å²) in [6, 6.07) is 17.5. The molecule has 33 heavy (non-hydrogen) atoms. The van der Waals surface area contributed by atoms with Gasteiger partial charge in [0.25, 0.3) is 5.91 Å². The van der Waals surface area contributed by atoms with E-state index in [9.17, 15) is 9.59 Å². The lowest BCUT2D eigenvalue weighted by Gasteiger charge is -2.20. The number of hydrogen-bond donors (Lipinski definition) is 1. The number of carbonyl (C=O) groups is 2. The van der Waals surface area contributed by atoms with Gasteiger partial charge in [0, 0.05) is 10.6 Å². The molecule has 0 bridgehead atoms. The molecule has 8 heteroatoms. The van der Waals surface area contributed by atoms with Crippen LogP contribution in [0.25, 0.3) is 0 Å². The number of benzene rings is 3. The Labute approximate surface area is 201 Å². The molecule has 1 aliphatic heterocycles. The zero-order valence-electron chi connectivity index (χ0n) is 18.0. The highest BCUT2D eigenvalue weighted by Crippen LogP contribution is 2.37. The molecule has 0 saturated carbocycles.